The summed E-state index contributed by atoms with van der Waals surface area (Å²) < 4.78 is 77.1. The summed E-state index contributed by atoms with van der Waals surface area (Å²) in [6.45, 7) is 2.92. The first-order chi connectivity index (χ1) is 13.4. The van der Waals surface area contributed by atoms with Crippen molar-refractivity contribution in [3.63, 3.8) is 0 Å². The van der Waals surface area contributed by atoms with Crippen molar-refractivity contribution >= 4 is 5.91 Å². The van der Waals surface area contributed by atoms with E-state index in [-0.39, 0.29) is 12.1 Å². The molecule has 0 bridgehead atoms. The predicted octanol–water partition coefficient (Wildman–Crippen LogP) is 4.29. The minimum absolute atomic E-state index is 0.160. The number of alkyl halides is 6. The van der Waals surface area contributed by atoms with Crippen molar-refractivity contribution in [1.82, 2.24) is 20.1 Å². The summed E-state index contributed by atoms with van der Waals surface area (Å²) >= 11 is 0. The largest absolute Gasteiger partial charge is 0.433 e. The van der Waals surface area contributed by atoms with E-state index in [0.717, 1.165) is 12.3 Å². The average molecular weight is 418 g/mol. The molecule has 0 saturated heterocycles. The number of hydrogen-bond acceptors (Lipinski definition) is 3. The van der Waals surface area contributed by atoms with Gasteiger partial charge in [0.1, 0.15) is 5.69 Å². The zero-order valence-electron chi connectivity index (χ0n) is 14.9. The maximum absolute atomic E-state index is 12.8. The van der Waals surface area contributed by atoms with Gasteiger partial charge >= 0.3 is 12.4 Å². The van der Waals surface area contributed by atoms with Gasteiger partial charge in [0.25, 0.3) is 0 Å². The Kier molecular flexibility index (Phi) is 5.42. The van der Waals surface area contributed by atoms with E-state index in [0.29, 0.717) is 24.1 Å². The molecule has 1 atom stereocenters. The molecule has 29 heavy (non-hydrogen) atoms. The highest BCUT2D eigenvalue weighted by Crippen LogP contribution is 2.33. The van der Waals surface area contributed by atoms with Crippen LogP contribution in [0, 0.1) is 0 Å². The normalized spacial score (nSPS) is 16.6. The van der Waals surface area contributed by atoms with Gasteiger partial charge < -0.3 is 5.32 Å². The molecule has 1 aliphatic rings. The predicted molar refractivity (Wildman–Crippen MR) is 90.0 cm³/mol. The van der Waals surface area contributed by atoms with Gasteiger partial charge in [-0.3, -0.25) is 9.78 Å². The van der Waals surface area contributed by atoms with Crippen LogP contribution in [0.5, 0.6) is 0 Å². The Morgan fingerprint density at radius 2 is 1.97 bits per heavy atom. The molecular formula is C18H16F6N4O. The van der Waals surface area contributed by atoms with Crippen LogP contribution in [0.15, 0.2) is 36.7 Å². The SMILES string of the molecule is C=C(CCC(=O)NC1CCc2nn(-c3ccnc(C(F)(F)F)c3)cc21)C(F)(F)F. The number of aromatic nitrogens is 3. The molecule has 0 aliphatic heterocycles. The molecule has 1 amide bonds. The zero-order chi connectivity index (χ0) is 21.4. The van der Waals surface area contributed by atoms with Crippen LogP contribution in [0.3, 0.4) is 0 Å². The molecule has 156 valence electrons. The first kappa shape index (κ1) is 20.9. The van der Waals surface area contributed by atoms with Gasteiger partial charge in [-0.2, -0.15) is 31.4 Å². The Balaban J connectivity index is 1.69. The second kappa shape index (κ2) is 7.53. The zero-order valence-corrected chi connectivity index (χ0v) is 14.9. The minimum atomic E-state index is -4.59. The van der Waals surface area contributed by atoms with Gasteiger partial charge in [0.05, 0.1) is 17.4 Å². The van der Waals surface area contributed by atoms with Crippen LogP contribution in [0.4, 0.5) is 26.3 Å². The Morgan fingerprint density at radius 1 is 1.24 bits per heavy atom. The van der Waals surface area contributed by atoms with Crippen molar-refractivity contribution in [1.29, 1.82) is 0 Å². The number of carbonyl (C=O) groups excluding carboxylic acids is 1. The summed E-state index contributed by atoms with van der Waals surface area (Å²) in [5, 5.41) is 6.90. The van der Waals surface area contributed by atoms with E-state index in [2.05, 4.69) is 22.0 Å². The van der Waals surface area contributed by atoms with Crippen LogP contribution in [-0.4, -0.2) is 26.8 Å². The molecule has 2 heterocycles. The highest BCUT2D eigenvalue weighted by atomic mass is 19.4. The average Bonchev–Trinajstić information content (AvgIpc) is 3.20. The molecule has 1 aliphatic carbocycles. The van der Waals surface area contributed by atoms with Gasteiger partial charge in [-0.1, -0.05) is 6.58 Å². The number of allylic oxidation sites excluding steroid dienone is 1. The molecule has 0 spiro atoms. The standard InChI is InChI=1S/C18H16F6N4O/c1-10(17(19,20)21)2-5-16(29)26-13-3-4-14-12(13)9-28(27-14)11-6-7-25-15(8-11)18(22,23)24/h6-9,13H,1-5H2,(H,26,29). The monoisotopic (exact) mass is 418 g/mol. The van der Waals surface area contributed by atoms with Crippen LogP contribution in [-0.2, 0) is 17.4 Å². The van der Waals surface area contributed by atoms with E-state index in [1.165, 1.54) is 16.9 Å². The van der Waals surface area contributed by atoms with E-state index in [1.807, 2.05) is 0 Å². The van der Waals surface area contributed by atoms with Crippen molar-refractivity contribution in [3.05, 3.63) is 53.6 Å². The van der Waals surface area contributed by atoms with Crippen molar-refractivity contribution in [2.45, 2.75) is 44.1 Å². The molecule has 1 unspecified atom stereocenters. The molecule has 3 rings (SSSR count). The number of carbonyl (C=O) groups is 1. The van der Waals surface area contributed by atoms with E-state index in [9.17, 15) is 31.1 Å². The Morgan fingerprint density at radius 3 is 2.62 bits per heavy atom. The third-order valence-electron chi connectivity index (χ3n) is 4.56. The second-order valence-electron chi connectivity index (χ2n) is 6.63. The Bertz CT molecular complexity index is 931. The van der Waals surface area contributed by atoms with Crippen molar-refractivity contribution in [3.8, 4) is 5.69 Å². The number of aryl methyl sites for hydroxylation is 1. The van der Waals surface area contributed by atoms with E-state index < -0.39 is 42.0 Å². The lowest BCUT2D eigenvalue weighted by Gasteiger charge is -2.14. The lowest BCUT2D eigenvalue weighted by molar-refractivity contribution is -0.141. The fourth-order valence-corrected chi connectivity index (χ4v) is 3.02. The van der Waals surface area contributed by atoms with E-state index in [1.54, 1.807) is 0 Å². The Hall–Kier alpha value is -2.85. The maximum Gasteiger partial charge on any atom is 0.433 e. The molecule has 11 heteroatoms. The third kappa shape index (κ3) is 4.77. The van der Waals surface area contributed by atoms with Gasteiger partial charge in [0.2, 0.25) is 5.91 Å². The molecule has 0 fully saturated rings. The number of nitrogens with one attached hydrogen (secondary N) is 1. The van der Waals surface area contributed by atoms with Crippen LogP contribution in [0.2, 0.25) is 0 Å². The molecule has 0 radical (unpaired) electrons. The molecule has 1 N–H and O–H groups in total. The van der Waals surface area contributed by atoms with Gasteiger partial charge in [0.15, 0.2) is 0 Å². The van der Waals surface area contributed by atoms with Gasteiger partial charge in [-0.05, 0) is 31.4 Å². The smallest absolute Gasteiger partial charge is 0.349 e. The van der Waals surface area contributed by atoms with Crippen LogP contribution in [0.1, 0.15) is 42.3 Å². The molecule has 2 aromatic heterocycles. The van der Waals surface area contributed by atoms with Crippen molar-refractivity contribution in [2.24, 2.45) is 0 Å². The summed E-state index contributed by atoms with van der Waals surface area (Å²) in [6.07, 6.45) is -6.48. The highest BCUT2D eigenvalue weighted by Gasteiger charge is 2.34. The van der Waals surface area contributed by atoms with Gasteiger partial charge in [-0.25, -0.2) is 4.68 Å². The number of nitrogens with zero attached hydrogens (tertiary/aromatic N) is 3. The Labute approximate surface area is 161 Å². The summed E-state index contributed by atoms with van der Waals surface area (Å²) in [5.41, 5.74) is -0.641. The molecule has 5 nitrogen and oxygen atoms in total. The van der Waals surface area contributed by atoms with E-state index >= 15 is 0 Å². The second-order valence-corrected chi connectivity index (χ2v) is 6.63. The number of fused-ring (bicyclic) bond motifs is 1. The summed E-state index contributed by atoms with van der Waals surface area (Å²) in [4.78, 5) is 15.3. The van der Waals surface area contributed by atoms with Gasteiger partial charge in [0, 0.05) is 30.0 Å². The fraction of sp³-hybridized carbons (Fsp3) is 0.389. The molecule has 0 aromatic carbocycles. The highest BCUT2D eigenvalue weighted by molar-refractivity contribution is 5.76. The number of hydrogen-bond donors (Lipinski definition) is 1. The maximum atomic E-state index is 12.8. The van der Waals surface area contributed by atoms with Gasteiger partial charge in [-0.15, -0.1) is 0 Å². The quantitative estimate of drug-likeness (QED) is 0.582. The summed E-state index contributed by atoms with van der Waals surface area (Å²) in [6, 6.07) is 1.76. The number of rotatable bonds is 5. The molecular weight excluding hydrogens is 402 g/mol. The van der Waals surface area contributed by atoms with E-state index in [4.69, 9.17) is 0 Å². The topological polar surface area (TPSA) is 59.8 Å². The lowest BCUT2D eigenvalue weighted by Crippen LogP contribution is -2.27. The molecule has 0 saturated carbocycles. The molecule has 2 aromatic rings. The van der Waals surface area contributed by atoms with Crippen LogP contribution < -0.4 is 5.32 Å². The first-order valence-corrected chi connectivity index (χ1v) is 8.61. The van der Waals surface area contributed by atoms with Crippen molar-refractivity contribution in [2.75, 3.05) is 0 Å². The number of pyridine rings is 1. The summed E-state index contributed by atoms with van der Waals surface area (Å²) in [7, 11) is 0. The third-order valence-corrected chi connectivity index (χ3v) is 4.56. The lowest BCUT2D eigenvalue weighted by atomic mass is 10.1. The van der Waals surface area contributed by atoms with Crippen LogP contribution in [0.25, 0.3) is 5.69 Å². The summed E-state index contributed by atoms with van der Waals surface area (Å²) in [5.74, 6) is -0.565. The first-order valence-electron chi connectivity index (χ1n) is 8.61. The van der Waals surface area contributed by atoms with Crippen molar-refractivity contribution < 1.29 is 31.1 Å². The fourth-order valence-electron chi connectivity index (χ4n) is 3.02. The van der Waals surface area contributed by atoms with Crippen LogP contribution >= 0.6 is 0 Å². The number of halogens is 6. The minimum Gasteiger partial charge on any atom is -0.349 e. The number of amides is 1.